The maximum Gasteiger partial charge on any atom is 0.277 e. The first kappa shape index (κ1) is 15.2. The number of hydrogen-bond acceptors (Lipinski definition) is 4. The predicted molar refractivity (Wildman–Crippen MR) is 77.2 cm³/mol. The summed E-state index contributed by atoms with van der Waals surface area (Å²) in [5.41, 5.74) is 6.47. The summed E-state index contributed by atoms with van der Waals surface area (Å²) in [6.07, 6.45) is 2.14. The van der Waals surface area contributed by atoms with Gasteiger partial charge in [0.15, 0.2) is 5.69 Å². The fourth-order valence-electron chi connectivity index (χ4n) is 1.80. The van der Waals surface area contributed by atoms with E-state index < -0.39 is 11.7 Å². The van der Waals surface area contributed by atoms with Crippen LogP contribution in [0, 0.1) is 11.7 Å². The second-order valence-electron chi connectivity index (χ2n) is 4.95. The number of rotatable bonds is 5. The van der Waals surface area contributed by atoms with E-state index >= 15 is 0 Å². The third-order valence-corrected chi connectivity index (χ3v) is 3.38. The highest BCUT2D eigenvalue weighted by Crippen LogP contribution is 2.21. The van der Waals surface area contributed by atoms with Crippen molar-refractivity contribution in [3.8, 4) is 0 Å². The molecule has 112 valence electrons. The molecule has 1 aromatic carbocycles. The van der Waals surface area contributed by atoms with Gasteiger partial charge in [-0.2, -0.15) is 0 Å². The zero-order chi connectivity index (χ0) is 15.4. The molecule has 2 unspecified atom stereocenters. The first-order valence-corrected chi connectivity index (χ1v) is 6.79. The first-order valence-electron chi connectivity index (χ1n) is 6.79. The lowest BCUT2D eigenvalue weighted by molar-refractivity contribution is 0.102. The largest absolute Gasteiger partial charge is 0.446 e. The molecule has 2 atom stereocenters. The normalized spacial score (nSPS) is 13.7. The highest BCUT2D eigenvalue weighted by Gasteiger charge is 2.21. The van der Waals surface area contributed by atoms with E-state index in [4.69, 9.17) is 10.2 Å². The number of hydrogen-bond donors (Lipinski definition) is 2. The number of nitrogens with two attached hydrogens (primary N) is 1. The van der Waals surface area contributed by atoms with Crippen LogP contribution in [0.3, 0.4) is 0 Å². The van der Waals surface area contributed by atoms with Crippen molar-refractivity contribution in [3.05, 3.63) is 47.9 Å². The maximum atomic E-state index is 13.1. The number of nitrogens with zero attached hydrogens (tertiary/aromatic N) is 1. The van der Waals surface area contributed by atoms with Gasteiger partial charge in [-0.05, 0) is 24.1 Å². The molecule has 0 fully saturated rings. The van der Waals surface area contributed by atoms with Crippen LogP contribution in [0.5, 0.6) is 0 Å². The van der Waals surface area contributed by atoms with Crippen molar-refractivity contribution in [2.24, 2.45) is 11.7 Å². The van der Waals surface area contributed by atoms with Gasteiger partial charge in [-0.15, -0.1) is 0 Å². The Balaban J connectivity index is 2.09. The summed E-state index contributed by atoms with van der Waals surface area (Å²) in [4.78, 5) is 16.1. The first-order chi connectivity index (χ1) is 10.0. The van der Waals surface area contributed by atoms with E-state index in [2.05, 4.69) is 10.3 Å². The number of benzene rings is 1. The molecule has 6 heteroatoms. The number of halogens is 1. The second kappa shape index (κ2) is 6.49. The molecule has 0 spiro atoms. The summed E-state index contributed by atoms with van der Waals surface area (Å²) in [6.45, 7) is 4.01. The molecule has 3 N–H and O–H groups in total. The lowest BCUT2D eigenvalue weighted by atomic mass is 10.0. The van der Waals surface area contributed by atoms with Gasteiger partial charge in [0.2, 0.25) is 5.89 Å². The van der Waals surface area contributed by atoms with E-state index in [9.17, 15) is 9.18 Å². The van der Waals surface area contributed by atoms with E-state index in [1.165, 1.54) is 24.5 Å². The molecule has 1 heterocycles. The van der Waals surface area contributed by atoms with Gasteiger partial charge in [-0.1, -0.05) is 26.3 Å². The van der Waals surface area contributed by atoms with Crippen LogP contribution in [0.4, 0.5) is 10.1 Å². The Labute approximate surface area is 122 Å². The highest BCUT2D eigenvalue weighted by molar-refractivity contribution is 6.02. The summed E-state index contributed by atoms with van der Waals surface area (Å²) in [5, 5.41) is 2.55. The van der Waals surface area contributed by atoms with Crippen LogP contribution < -0.4 is 11.1 Å². The van der Waals surface area contributed by atoms with Crippen molar-refractivity contribution in [2.75, 3.05) is 5.32 Å². The Morgan fingerprint density at radius 1 is 1.52 bits per heavy atom. The highest BCUT2D eigenvalue weighted by atomic mass is 19.1. The minimum atomic E-state index is -0.466. The number of oxazole rings is 1. The molecule has 0 aliphatic carbocycles. The van der Waals surface area contributed by atoms with Gasteiger partial charge < -0.3 is 15.5 Å². The molecule has 2 aromatic rings. The molecular weight excluding hydrogens is 273 g/mol. The second-order valence-corrected chi connectivity index (χ2v) is 4.95. The van der Waals surface area contributed by atoms with Crippen LogP contribution in [-0.2, 0) is 0 Å². The molecule has 0 saturated carbocycles. The van der Waals surface area contributed by atoms with Gasteiger partial charge >= 0.3 is 0 Å². The molecule has 0 radical (unpaired) electrons. The van der Waals surface area contributed by atoms with Crippen molar-refractivity contribution in [3.63, 3.8) is 0 Å². The molecule has 2 rings (SSSR count). The molecule has 0 bridgehead atoms. The number of amides is 1. The Kier molecular flexibility index (Phi) is 4.70. The minimum Gasteiger partial charge on any atom is -0.446 e. The average Bonchev–Trinajstić information content (AvgIpc) is 2.95. The maximum absolute atomic E-state index is 13.1. The van der Waals surface area contributed by atoms with Crippen LogP contribution >= 0.6 is 0 Å². The quantitative estimate of drug-likeness (QED) is 0.886. The van der Waals surface area contributed by atoms with E-state index in [1.54, 1.807) is 6.07 Å². The minimum absolute atomic E-state index is 0.119. The Hall–Kier alpha value is -2.21. The lowest BCUT2D eigenvalue weighted by Crippen LogP contribution is -2.19. The van der Waals surface area contributed by atoms with Gasteiger partial charge in [0.05, 0.1) is 6.04 Å². The van der Waals surface area contributed by atoms with Crippen LogP contribution in [0.1, 0.15) is 42.7 Å². The van der Waals surface area contributed by atoms with Crippen molar-refractivity contribution >= 4 is 11.6 Å². The number of carbonyl (C=O) groups is 1. The van der Waals surface area contributed by atoms with Crippen LogP contribution in [0.2, 0.25) is 0 Å². The van der Waals surface area contributed by atoms with E-state index in [0.717, 1.165) is 6.42 Å². The average molecular weight is 291 g/mol. The summed E-state index contributed by atoms with van der Waals surface area (Å²) in [7, 11) is 0. The molecule has 0 saturated heterocycles. The number of carbonyl (C=O) groups excluding carboxylic acids is 1. The standard InChI is InChI=1S/C15H18FN3O2/c1-3-9(2)13(17)15-19-12(8-21-15)14(20)18-11-6-4-5-10(16)7-11/h4-9,13H,3,17H2,1-2H3,(H,18,20). The number of aromatic nitrogens is 1. The number of nitrogens with one attached hydrogen (secondary N) is 1. The summed E-state index contributed by atoms with van der Waals surface area (Å²) < 4.78 is 18.3. The van der Waals surface area contributed by atoms with Crippen molar-refractivity contribution in [2.45, 2.75) is 26.3 Å². The van der Waals surface area contributed by atoms with E-state index in [-0.39, 0.29) is 17.7 Å². The van der Waals surface area contributed by atoms with E-state index in [0.29, 0.717) is 11.6 Å². The van der Waals surface area contributed by atoms with Crippen molar-refractivity contribution in [1.29, 1.82) is 0 Å². The van der Waals surface area contributed by atoms with Crippen molar-refractivity contribution in [1.82, 2.24) is 4.98 Å². The molecule has 0 aliphatic heterocycles. The fourth-order valence-corrected chi connectivity index (χ4v) is 1.80. The summed E-state index contributed by atoms with van der Waals surface area (Å²) in [5.74, 6) is -0.365. The van der Waals surface area contributed by atoms with Crippen LogP contribution in [0.15, 0.2) is 34.9 Å². The molecule has 5 nitrogen and oxygen atoms in total. The molecule has 0 aliphatic rings. The third-order valence-electron chi connectivity index (χ3n) is 3.38. The monoisotopic (exact) mass is 291 g/mol. The third kappa shape index (κ3) is 3.66. The molecule has 1 amide bonds. The molecular formula is C15H18FN3O2. The smallest absolute Gasteiger partial charge is 0.277 e. The Morgan fingerprint density at radius 2 is 2.29 bits per heavy atom. The van der Waals surface area contributed by atoms with Crippen molar-refractivity contribution < 1.29 is 13.6 Å². The van der Waals surface area contributed by atoms with Crippen LogP contribution in [-0.4, -0.2) is 10.9 Å². The SMILES string of the molecule is CCC(C)C(N)c1nc(C(=O)Nc2cccc(F)c2)co1. The van der Waals surface area contributed by atoms with Gasteiger partial charge in [-0.25, -0.2) is 9.37 Å². The topological polar surface area (TPSA) is 81.1 Å². The van der Waals surface area contributed by atoms with Crippen LogP contribution in [0.25, 0.3) is 0 Å². The van der Waals surface area contributed by atoms with Gasteiger partial charge in [0.25, 0.3) is 5.91 Å². The van der Waals surface area contributed by atoms with E-state index in [1.807, 2.05) is 13.8 Å². The summed E-state index contributed by atoms with van der Waals surface area (Å²) >= 11 is 0. The molecule has 1 aromatic heterocycles. The molecule has 21 heavy (non-hydrogen) atoms. The van der Waals surface area contributed by atoms with Gasteiger partial charge in [-0.3, -0.25) is 4.79 Å². The Morgan fingerprint density at radius 3 is 2.95 bits per heavy atom. The predicted octanol–water partition coefficient (Wildman–Crippen LogP) is 3.11. The van der Waals surface area contributed by atoms with Gasteiger partial charge in [0.1, 0.15) is 12.1 Å². The number of anilines is 1. The van der Waals surface area contributed by atoms with Gasteiger partial charge in [0, 0.05) is 5.69 Å². The fraction of sp³-hybridized carbons (Fsp3) is 0.333. The Bertz CT molecular complexity index is 627. The summed E-state index contributed by atoms with van der Waals surface area (Å²) in [6, 6.07) is 5.27. The lowest BCUT2D eigenvalue weighted by Gasteiger charge is -2.13. The zero-order valence-electron chi connectivity index (χ0n) is 12.0. The zero-order valence-corrected chi connectivity index (χ0v) is 12.0.